The summed E-state index contributed by atoms with van der Waals surface area (Å²) in [6, 6.07) is -1.90. The van der Waals surface area contributed by atoms with Gasteiger partial charge in [0.15, 0.2) is 0 Å². The maximum atomic E-state index is 10.7. The molecule has 0 rings (SSSR count). The molecule has 1 atom stereocenters. The Morgan fingerprint density at radius 1 is 1.57 bits per heavy atom. The van der Waals surface area contributed by atoms with Crippen LogP contribution in [-0.4, -0.2) is 35.2 Å². The second-order valence-corrected chi connectivity index (χ2v) is 3.33. The molecule has 0 saturated heterocycles. The Kier molecular flexibility index (Phi) is 6.46. The van der Waals surface area contributed by atoms with Crippen molar-refractivity contribution in [1.82, 2.24) is 10.7 Å². The van der Waals surface area contributed by atoms with Crippen LogP contribution in [0.15, 0.2) is 5.29 Å². The number of carbonyl (C=O) groups excluding carboxylic acids is 1. The van der Waals surface area contributed by atoms with Crippen molar-refractivity contribution < 1.29 is 14.7 Å². The van der Waals surface area contributed by atoms with E-state index in [9.17, 15) is 14.5 Å². The van der Waals surface area contributed by atoms with Crippen molar-refractivity contribution in [3.05, 3.63) is 4.91 Å². The summed E-state index contributed by atoms with van der Waals surface area (Å²) in [7, 11) is 0. The van der Waals surface area contributed by atoms with Gasteiger partial charge < -0.3 is 10.4 Å². The highest BCUT2D eigenvalue weighted by molar-refractivity contribution is 7.98. The molecule has 0 aromatic heterocycles. The van der Waals surface area contributed by atoms with E-state index in [1.54, 1.807) is 5.43 Å². The van der Waals surface area contributed by atoms with Crippen LogP contribution >= 0.6 is 11.8 Å². The maximum Gasteiger partial charge on any atom is 0.338 e. The molecule has 0 aromatic rings. The smallest absolute Gasteiger partial charge is 0.338 e. The molecule has 0 aliphatic rings. The van der Waals surface area contributed by atoms with E-state index >= 15 is 0 Å². The van der Waals surface area contributed by atoms with Gasteiger partial charge in [0.05, 0.1) is 5.29 Å². The van der Waals surface area contributed by atoms with Crippen LogP contribution in [-0.2, 0) is 4.79 Å². The van der Waals surface area contributed by atoms with Crippen LogP contribution < -0.4 is 10.7 Å². The van der Waals surface area contributed by atoms with Crippen molar-refractivity contribution in [2.75, 3.05) is 12.0 Å². The number of carboxylic acid groups (broad SMARTS) is 1. The predicted molar refractivity (Wildman–Crippen MR) is 51.9 cm³/mol. The third-order valence-electron chi connectivity index (χ3n) is 1.36. The summed E-state index contributed by atoms with van der Waals surface area (Å²) >= 11 is 1.47. The molecule has 0 radical (unpaired) electrons. The molecule has 0 unspecified atom stereocenters. The molecule has 0 fully saturated rings. The normalized spacial score (nSPS) is 11.5. The molecule has 3 N–H and O–H groups in total. The van der Waals surface area contributed by atoms with Gasteiger partial charge in [0.25, 0.3) is 0 Å². The summed E-state index contributed by atoms with van der Waals surface area (Å²) in [4.78, 5) is 30.9. The average molecular weight is 221 g/mol. The second-order valence-electron chi connectivity index (χ2n) is 2.35. The summed E-state index contributed by atoms with van der Waals surface area (Å²) in [5, 5.41) is 12.9. The summed E-state index contributed by atoms with van der Waals surface area (Å²) in [6.45, 7) is 0. The highest BCUT2D eigenvalue weighted by atomic mass is 32.2. The maximum absolute atomic E-state index is 10.7. The predicted octanol–water partition coefficient (Wildman–Crippen LogP) is 0.173. The molecule has 0 heterocycles. The molecule has 14 heavy (non-hydrogen) atoms. The van der Waals surface area contributed by atoms with Crippen LogP contribution in [0.5, 0.6) is 0 Å². The fourth-order valence-electron chi connectivity index (χ4n) is 0.725. The number of urea groups is 1. The standard InChI is InChI=1S/C6H11N3O4S/c1-14-3-2-4(5(10)11)7-6(12)8-9-13/h4H,2-3H2,1H3,(H,10,11)(H2,7,8,12,13)/t4-/m0/s1. The van der Waals surface area contributed by atoms with Gasteiger partial charge in [-0.2, -0.15) is 17.2 Å². The van der Waals surface area contributed by atoms with Crippen LogP contribution in [0.3, 0.4) is 0 Å². The van der Waals surface area contributed by atoms with Crippen molar-refractivity contribution >= 4 is 23.8 Å². The molecule has 7 nitrogen and oxygen atoms in total. The minimum Gasteiger partial charge on any atom is -0.480 e. The molecule has 80 valence electrons. The molecule has 0 saturated carbocycles. The van der Waals surface area contributed by atoms with Crippen LogP contribution in [0.4, 0.5) is 4.79 Å². The zero-order chi connectivity index (χ0) is 11.0. The summed E-state index contributed by atoms with van der Waals surface area (Å²) < 4.78 is 0. The minimum atomic E-state index is -1.14. The number of aliphatic carboxylic acids is 1. The van der Waals surface area contributed by atoms with E-state index in [-0.39, 0.29) is 0 Å². The Bertz CT molecular complexity index is 223. The number of amides is 2. The number of carbonyl (C=O) groups is 2. The summed E-state index contributed by atoms with van der Waals surface area (Å²) in [6.07, 6.45) is 2.12. The highest BCUT2D eigenvalue weighted by Crippen LogP contribution is 2.00. The lowest BCUT2D eigenvalue weighted by atomic mass is 10.2. The van der Waals surface area contributed by atoms with E-state index in [1.165, 1.54) is 11.8 Å². The van der Waals surface area contributed by atoms with Crippen molar-refractivity contribution in [3.63, 3.8) is 0 Å². The van der Waals surface area contributed by atoms with Crippen molar-refractivity contribution in [3.8, 4) is 0 Å². The van der Waals surface area contributed by atoms with E-state index in [1.807, 2.05) is 6.26 Å². The Morgan fingerprint density at radius 2 is 2.21 bits per heavy atom. The van der Waals surface area contributed by atoms with E-state index in [2.05, 4.69) is 10.6 Å². The quantitative estimate of drug-likeness (QED) is 0.438. The Morgan fingerprint density at radius 3 is 2.64 bits per heavy atom. The van der Waals surface area contributed by atoms with Crippen LogP contribution in [0, 0.1) is 4.91 Å². The number of nitrogens with zero attached hydrogens (tertiary/aromatic N) is 1. The highest BCUT2D eigenvalue weighted by Gasteiger charge is 2.18. The SMILES string of the molecule is CSCC[C@H](NC(=O)NN=O)C(=O)O. The monoisotopic (exact) mass is 221 g/mol. The molecule has 0 spiro atoms. The lowest BCUT2D eigenvalue weighted by Crippen LogP contribution is -2.44. The Hall–Kier alpha value is -1.31. The first-order valence-corrected chi connectivity index (χ1v) is 5.11. The van der Waals surface area contributed by atoms with E-state index in [0.29, 0.717) is 12.2 Å². The van der Waals surface area contributed by atoms with Gasteiger partial charge in [-0.05, 0) is 18.4 Å². The molecule has 0 bridgehead atoms. The number of rotatable bonds is 6. The van der Waals surface area contributed by atoms with Crippen LogP contribution in [0.1, 0.15) is 6.42 Å². The van der Waals surface area contributed by atoms with Crippen LogP contribution in [0.2, 0.25) is 0 Å². The van der Waals surface area contributed by atoms with Crippen molar-refractivity contribution in [1.29, 1.82) is 0 Å². The topological polar surface area (TPSA) is 108 Å². The number of hydrogen-bond acceptors (Lipinski definition) is 5. The van der Waals surface area contributed by atoms with Crippen LogP contribution in [0.25, 0.3) is 0 Å². The summed E-state index contributed by atoms with van der Waals surface area (Å²) in [5.74, 6) is -0.536. The largest absolute Gasteiger partial charge is 0.480 e. The van der Waals surface area contributed by atoms with Gasteiger partial charge in [0.2, 0.25) is 0 Å². The van der Waals surface area contributed by atoms with Crippen molar-refractivity contribution in [2.45, 2.75) is 12.5 Å². The van der Waals surface area contributed by atoms with Gasteiger partial charge >= 0.3 is 12.0 Å². The zero-order valence-electron chi connectivity index (χ0n) is 7.52. The van der Waals surface area contributed by atoms with E-state index in [4.69, 9.17) is 5.11 Å². The second kappa shape index (κ2) is 7.13. The van der Waals surface area contributed by atoms with Gasteiger partial charge in [-0.3, -0.25) is 0 Å². The van der Waals surface area contributed by atoms with Gasteiger partial charge in [-0.15, -0.1) is 4.91 Å². The lowest BCUT2D eigenvalue weighted by Gasteiger charge is -2.12. The molecule has 8 heteroatoms. The third-order valence-corrected chi connectivity index (χ3v) is 2.01. The summed E-state index contributed by atoms with van der Waals surface area (Å²) in [5.41, 5.74) is 1.56. The number of carboxylic acids is 1. The van der Waals surface area contributed by atoms with Gasteiger partial charge in [0.1, 0.15) is 6.04 Å². The van der Waals surface area contributed by atoms with E-state index in [0.717, 1.165) is 0 Å². The van der Waals surface area contributed by atoms with Gasteiger partial charge in [-0.1, -0.05) is 0 Å². The fourth-order valence-corrected chi connectivity index (χ4v) is 1.20. The first-order chi connectivity index (χ1) is 6.61. The number of nitrogens with one attached hydrogen (secondary N) is 2. The molecular formula is C6H11N3O4S. The number of thioether (sulfide) groups is 1. The molecule has 0 aromatic carbocycles. The lowest BCUT2D eigenvalue weighted by molar-refractivity contribution is -0.139. The first kappa shape index (κ1) is 12.7. The number of hydrogen-bond donors (Lipinski definition) is 3. The Labute approximate surface area is 84.6 Å². The number of nitroso groups, excluding NO2 is 1. The molecule has 0 aliphatic heterocycles. The zero-order valence-corrected chi connectivity index (χ0v) is 8.34. The van der Waals surface area contributed by atoms with Gasteiger partial charge in [-0.25, -0.2) is 9.59 Å². The van der Waals surface area contributed by atoms with Gasteiger partial charge in [0, 0.05) is 0 Å². The molecular weight excluding hydrogens is 210 g/mol. The Balaban J connectivity index is 4.01. The fraction of sp³-hybridized carbons (Fsp3) is 0.667. The molecule has 2 amide bonds. The first-order valence-electron chi connectivity index (χ1n) is 3.72. The average Bonchev–Trinajstić information content (AvgIpc) is 2.12. The third kappa shape index (κ3) is 5.36. The van der Waals surface area contributed by atoms with E-state index < -0.39 is 18.0 Å². The van der Waals surface area contributed by atoms with Crippen molar-refractivity contribution in [2.24, 2.45) is 5.29 Å². The molecule has 0 aliphatic carbocycles. The minimum absolute atomic E-state index is 0.294.